The van der Waals surface area contributed by atoms with Gasteiger partial charge < -0.3 is 10.1 Å². The lowest BCUT2D eigenvalue weighted by molar-refractivity contribution is 0.384. The van der Waals surface area contributed by atoms with E-state index in [2.05, 4.69) is 17.2 Å². The number of nitrogens with one attached hydrogen (secondary N) is 1. The number of ether oxygens (including phenoxy) is 1. The molecule has 0 saturated carbocycles. The number of hydrogen-bond acceptors (Lipinski definition) is 3. The molecule has 0 atom stereocenters. The summed E-state index contributed by atoms with van der Waals surface area (Å²) in [7, 11) is 1.61. The minimum atomic E-state index is 0.609. The van der Waals surface area contributed by atoms with Crippen molar-refractivity contribution < 1.29 is 4.74 Å². The van der Waals surface area contributed by atoms with Crippen molar-refractivity contribution in [1.29, 1.82) is 0 Å². The van der Waals surface area contributed by atoms with Gasteiger partial charge in [0.1, 0.15) is 0 Å². The summed E-state index contributed by atoms with van der Waals surface area (Å²) in [6.07, 6.45) is 3.00. The van der Waals surface area contributed by atoms with E-state index in [1.165, 1.54) is 5.57 Å². The molecule has 1 aliphatic heterocycles. The third-order valence-corrected chi connectivity index (χ3v) is 1.47. The molecule has 3 nitrogen and oxygen atoms in total. The zero-order chi connectivity index (χ0) is 7.40. The normalized spacial score (nSPS) is 17.0. The van der Waals surface area contributed by atoms with E-state index in [4.69, 9.17) is 4.74 Å². The lowest BCUT2D eigenvalue weighted by Gasteiger charge is -2.11. The van der Waals surface area contributed by atoms with Gasteiger partial charge in [-0.05, 0) is 12.0 Å². The number of amidine groups is 1. The maximum Gasteiger partial charge on any atom is 0.288 e. The SMILES string of the molecule is CCC1=CNC(OC)=NC1. The molecule has 0 aliphatic carbocycles. The van der Waals surface area contributed by atoms with E-state index < -0.39 is 0 Å². The molecular weight excluding hydrogens is 128 g/mol. The molecule has 0 saturated heterocycles. The van der Waals surface area contributed by atoms with Gasteiger partial charge in [-0.15, -0.1) is 0 Å². The Balaban J connectivity index is 2.45. The van der Waals surface area contributed by atoms with E-state index in [-0.39, 0.29) is 0 Å². The molecule has 1 aliphatic rings. The minimum absolute atomic E-state index is 0.609. The van der Waals surface area contributed by atoms with Gasteiger partial charge in [-0.1, -0.05) is 6.92 Å². The Morgan fingerprint density at radius 3 is 3.00 bits per heavy atom. The van der Waals surface area contributed by atoms with Crippen molar-refractivity contribution in [3.8, 4) is 0 Å². The van der Waals surface area contributed by atoms with Crippen molar-refractivity contribution in [2.45, 2.75) is 13.3 Å². The highest BCUT2D eigenvalue weighted by atomic mass is 16.5. The standard InChI is InChI=1S/C7H12N2O/c1-3-6-4-8-7(10-2)9-5-6/h4H,3,5H2,1-2H3,(H,8,9). The lowest BCUT2D eigenvalue weighted by Crippen LogP contribution is -2.24. The number of methoxy groups -OCH3 is 1. The van der Waals surface area contributed by atoms with E-state index in [1.54, 1.807) is 7.11 Å². The van der Waals surface area contributed by atoms with Gasteiger partial charge >= 0.3 is 0 Å². The van der Waals surface area contributed by atoms with E-state index >= 15 is 0 Å². The van der Waals surface area contributed by atoms with Crippen LogP contribution in [-0.4, -0.2) is 19.7 Å². The fourth-order valence-electron chi connectivity index (χ4n) is 0.766. The van der Waals surface area contributed by atoms with Crippen LogP contribution in [0.3, 0.4) is 0 Å². The molecular formula is C7H12N2O. The van der Waals surface area contributed by atoms with Crippen LogP contribution in [-0.2, 0) is 4.74 Å². The summed E-state index contributed by atoms with van der Waals surface area (Å²) in [4.78, 5) is 4.12. The average molecular weight is 140 g/mol. The van der Waals surface area contributed by atoms with Crippen molar-refractivity contribution >= 4 is 6.02 Å². The van der Waals surface area contributed by atoms with Gasteiger partial charge in [0.05, 0.1) is 13.7 Å². The second-order valence-corrected chi connectivity index (χ2v) is 2.13. The van der Waals surface area contributed by atoms with Crippen molar-refractivity contribution in [3.63, 3.8) is 0 Å². The second-order valence-electron chi connectivity index (χ2n) is 2.13. The Morgan fingerprint density at radius 2 is 2.60 bits per heavy atom. The smallest absolute Gasteiger partial charge is 0.288 e. The molecule has 1 rings (SSSR count). The third-order valence-electron chi connectivity index (χ3n) is 1.47. The molecule has 1 heterocycles. The number of nitrogens with zero attached hydrogens (tertiary/aromatic N) is 1. The number of rotatable bonds is 1. The highest BCUT2D eigenvalue weighted by molar-refractivity contribution is 5.75. The van der Waals surface area contributed by atoms with Crippen LogP contribution in [0.25, 0.3) is 0 Å². The zero-order valence-corrected chi connectivity index (χ0v) is 6.35. The fraction of sp³-hybridized carbons (Fsp3) is 0.571. The van der Waals surface area contributed by atoms with Crippen molar-refractivity contribution in [2.24, 2.45) is 4.99 Å². The largest absolute Gasteiger partial charge is 0.468 e. The highest BCUT2D eigenvalue weighted by Gasteiger charge is 2.02. The predicted molar refractivity (Wildman–Crippen MR) is 40.8 cm³/mol. The van der Waals surface area contributed by atoms with Crippen LogP contribution in [0, 0.1) is 0 Å². The first-order valence-corrected chi connectivity index (χ1v) is 3.39. The Hall–Kier alpha value is -0.990. The van der Waals surface area contributed by atoms with Gasteiger partial charge in [-0.25, -0.2) is 4.99 Å². The Morgan fingerprint density at radius 1 is 1.80 bits per heavy atom. The van der Waals surface area contributed by atoms with E-state index in [0.29, 0.717) is 6.02 Å². The molecule has 0 aromatic heterocycles. The van der Waals surface area contributed by atoms with Crippen LogP contribution in [0.15, 0.2) is 16.8 Å². The van der Waals surface area contributed by atoms with Crippen LogP contribution >= 0.6 is 0 Å². The first kappa shape index (κ1) is 7.12. The predicted octanol–water partition coefficient (Wildman–Crippen LogP) is 0.886. The summed E-state index contributed by atoms with van der Waals surface area (Å²) in [6.45, 7) is 2.88. The summed E-state index contributed by atoms with van der Waals surface area (Å²) >= 11 is 0. The summed E-state index contributed by atoms with van der Waals surface area (Å²) in [5, 5.41) is 2.94. The molecule has 0 spiro atoms. The van der Waals surface area contributed by atoms with Gasteiger partial charge in [0.2, 0.25) is 0 Å². The summed E-state index contributed by atoms with van der Waals surface area (Å²) in [6, 6.07) is 0.609. The van der Waals surface area contributed by atoms with Gasteiger partial charge in [0, 0.05) is 6.20 Å². The van der Waals surface area contributed by atoms with Crippen LogP contribution in [0.2, 0.25) is 0 Å². The summed E-state index contributed by atoms with van der Waals surface area (Å²) < 4.78 is 4.88. The monoisotopic (exact) mass is 140 g/mol. The van der Waals surface area contributed by atoms with Crippen LogP contribution in [0.4, 0.5) is 0 Å². The van der Waals surface area contributed by atoms with Gasteiger partial charge in [0.25, 0.3) is 6.02 Å². The topological polar surface area (TPSA) is 33.6 Å². The van der Waals surface area contributed by atoms with Gasteiger partial charge in [-0.2, -0.15) is 0 Å². The van der Waals surface area contributed by atoms with Crippen molar-refractivity contribution in [2.75, 3.05) is 13.7 Å². The molecule has 56 valence electrons. The zero-order valence-electron chi connectivity index (χ0n) is 6.35. The van der Waals surface area contributed by atoms with E-state index in [1.807, 2.05) is 6.20 Å². The Kier molecular flexibility index (Phi) is 2.31. The van der Waals surface area contributed by atoms with E-state index in [0.717, 1.165) is 13.0 Å². The molecule has 0 bridgehead atoms. The lowest BCUT2D eigenvalue weighted by atomic mass is 10.2. The molecule has 0 aromatic rings. The maximum atomic E-state index is 4.88. The first-order valence-electron chi connectivity index (χ1n) is 3.39. The van der Waals surface area contributed by atoms with Crippen LogP contribution in [0.5, 0.6) is 0 Å². The first-order chi connectivity index (χ1) is 4.86. The Labute approximate surface area is 60.8 Å². The quantitative estimate of drug-likeness (QED) is 0.586. The average Bonchev–Trinajstić information content (AvgIpc) is 2.05. The summed E-state index contributed by atoms with van der Waals surface area (Å²) in [5.74, 6) is 0. The third kappa shape index (κ3) is 1.50. The molecule has 1 N–H and O–H groups in total. The molecule has 0 unspecified atom stereocenters. The molecule has 3 heteroatoms. The molecule has 0 fully saturated rings. The second kappa shape index (κ2) is 3.25. The fourth-order valence-corrected chi connectivity index (χ4v) is 0.766. The van der Waals surface area contributed by atoms with Crippen molar-refractivity contribution in [3.05, 3.63) is 11.8 Å². The van der Waals surface area contributed by atoms with Gasteiger partial charge in [-0.3, -0.25) is 0 Å². The molecule has 0 aromatic carbocycles. The number of hydrogen-bond donors (Lipinski definition) is 1. The van der Waals surface area contributed by atoms with Crippen LogP contribution in [0.1, 0.15) is 13.3 Å². The van der Waals surface area contributed by atoms with Gasteiger partial charge in [0.15, 0.2) is 0 Å². The maximum absolute atomic E-state index is 4.88. The molecule has 10 heavy (non-hydrogen) atoms. The number of aliphatic imine (C=N–C) groups is 1. The minimum Gasteiger partial charge on any atom is -0.468 e. The molecule has 0 amide bonds. The molecule has 0 radical (unpaired) electrons. The van der Waals surface area contributed by atoms with Crippen LogP contribution < -0.4 is 5.32 Å². The Bertz CT molecular complexity index is 152. The summed E-state index contributed by atoms with van der Waals surface area (Å²) in [5.41, 5.74) is 1.31. The van der Waals surface area contributed by atoms with E-state index in [9.17, 15) is 0 Å². The highest BCUT2D eigenvalue weighted by Crippen LogP contribution is 2.02. The van der Waals surface area contributed by atoms with Crippen molar-refractivity contribution in [1.82, 2.24) is 5.32 Å².